The van der Waals surface area contributed by atoms with E-state index in [0.29, 0.717) is 29.3 Å². The van der Waals surface area contributed by atoms with Crippen LogP contribution in [0.5, 0.6) is 0 Å². The topological polar surface area (TPSA) is 53.4 Å². The maximum Gasteiger partial charge on any atom is 0.357 e. The Labute approximate surface area is 108 Å². The zero-order valence-corrected chi connectivity index (χ0v) is 11.8. The third kappa shape index (κ3) is 2.94. The van der Waals surface area contributed by atoms with Crippen molar-refractivity contribution < 1.29 is 14.3 Å². The monoisotopic (exact) mass is 338 g/mol. The maximum atomic E-state index is 11.7. The van der Waals surface area contributed by atoms with Gasteiger partial charge in [-0.25, -0.2) is 9.78 Å². The van der Waals surface area contributed by atoms with E-state index in [9.17, 15) is 4.79 Å². The Kier molecular flexibility index (Phi) is 5.20. The molecule has 1 aromatic heterocycles. The average molecular weight is 338 g/mol. The molecule has 0 aromatic carbocycles. The summed E-state index contributed by atoms with van der Waals surface area (Å²) in [5.74, 6) is 0.396. The molecule has 0 amide bonds. The van der Waals surface area contributed by atoms with Crippen LogP contribution in [-0.4, -0.2) is 28.7 Å². The average Bonchev–Trinajstić information content (AvgIpc) is 2.50. The number of nitrogens with zero attached hydrogens (tertiary/aromatic N) is 2. The number of ether oxygens (including phenoxy) is 2. The van der Waals surface area contributed by atoms with E-state index in [1.54, 1.807) is 11.5 Å². The molecule has 0 aliphatic carbocycles. The molecule has 0 aliphatic heterocycles. The largest absolute Gasteiger partial charge is 0.461 e. The molecule has 90 valence electrons. The number of carbonyl (C=O) groups is 1. The Hall–Kier alpha value is -0.630. The van der Waals surface area contributed by atoms with Crippen molar-refractivity contribution in [3.63, 3.8) is 0 Å². The first-order valence-corrected chi connectivity index (χ1v) is 6.17. The molecule has 0 N–H and O–H groups in total. The van der Waals surface area contributed by atoms with Gasteiger partial charge in [0.15, 0.2) is 5.69 Å². The van der Waals surface area contributed by atoms with Crippen molar-refractivity contribution in [2.24, 2.45) is 0 Å². The number of halogens is 1. The van der Waals surface area contributed by atoms with E-state index in [-0.39, 0.29) is 5.97 Å². The Balaban J connectivity index is 3.00. The second kappa shape index (κ2) is 6.19. The van der Waals surface area contributed by atoms with Crippen LogP contribution in [0.4, 0.5) is 0 Å². The van der Waals surface area contributed by atoms with Gasteiger partial charge >= 0.3 is 5.97 Å². The highest BCUT2D eigenvalue weighted by Gasteiger charge is 2.20. The lowest BCUT2D eigenvalue weighted by molar-refractivity contribution is 0.0470. The summed E-state index contributed by atoms with van der Waals surface area (Å²) in [4.78, 5) is 16.0. The standard InChI is InChI=1S/C10H15IN2O3/c1-4-15-6-13-7(3)12-9(11)8(13)10(14)16-5-2/h4-6H2,1-3H3. The molecule has 0 fully saturated rings. The van der Waals surface area contributed by atoms with Crippen LogP contribution in [0, 0.1) is 10.6 Å². The highest BCUT2D eigenvalue weighted by Crippen LogP contribution is 2.15. The summed E-state index contributed by atoms with van der Waals surface area (Å²) in [7, 11) is 0. The molecular formula is C10H15IN2O3. The molecule has 1 rings (SSSR count). The number of imidazole rings is 1. The summed E-state index contributed by atoms with van der Waals surface area (Å²) in [5.41, 5.74) is 0.466. The van der Waals surface area contributed by atoms with E-state index < -0.39 is 0 Å². The maximum absolute atomic E-state index is 11.7. The smallest absolute Gasteiger partial charge is 0.357 e. The third-order valence-corrected chi connectivity index (χ3v) is 2.76. The highest BCUT2D eigenvalue weighted by molar-refractivity contribution is 14.1. The normalized spacial score (nSPS) is 10.5. The van der Waals surface area contributed by atoms with Gasteiger partial charge in [-0.2, -0.15) is 0 Å². The number of hydrogen-bond acceptors (Lipinski definition) is 4. The Morgan fingerprint density at radius 2 is 2.12 bits per heavy atom. The SMILES string of the molecule is CCOCn1c(C)nc(I)c1C(=O)OCC. The molecule has 0 aliphatic rings. The minimum atomic E-state index is -0.354. The van der Waals surface area contributed by atoms with Crippen molar-refractivity contribution in [2.45, 2.75) is 27.5 Å². The molecular weight excluding hydrogens is 323 g/mol. The van der Waals surface area contributed by atoms with Crippen LogP contribution in [0.2, 0.25) is 0 Å². The van der Waals surface area contributed by atoms with Gasteiger partial charge in [0.05, 0.1) is 6.61 Å². The lowest BCUT2D eigenvalue weighted by Crippen LogP contribution is -2.15. The fourth-order valence-corrected chi connectivity index (χ4v) is 2.12. The first-order chi connectivity index (χ1) is 7.61. The van der Waals surface area contributed by atoms with Gasteiger partial charge in [0, 0.05) is 6.61 Å². The van der Waals surface area contributed by atoms with Crippen molar-refractivity contribution in [3.05, 3.63) is 15.2 Å². The van der Waals surface area contributed by atoms with Crippen molar-refractivity contribution in [1.29, 1.82) is 0 Å². The molecule has 6 heteroatoms. The van der Waals surface area contributed by atoms with Gasteiger partial charge in [0.25, 0.3) is 0 Å². The van der Waals surface area contributed by atoms with Crippen LogP contribution in [-0.2, 0) is 16.2 Å². The number of carbonyl (C=O) groups excluding carboxylic acids is 1. The molecule has 0 unspecified atom stereocenters. The van der Waals surface area contributed by atoms with Gasteiger partial charge in [-0.15, -0.1) is 0 Å². The Bertz CT molecular complexity index is 376. The van der Waals surface area contributed by atoms with E-state index in [1.807, 2.05) is 36.4 Å². The van der Waals surface area contributed by atoms with Gasteiger partial charge in [0.1, 0.15) is 16.3 Å². The molecule has 1 heterocycles. The van der Waals surface area contributed by atoms with Crippen LogP contribution in [0.3, 0.4) is 0 Å². The van der Waals surface area contributed by atoms with Gasteiger partial charge in [-0.1, -0.05) is 0 Å². The molecule has 1 aromatic rings. The van der Waals surface area contributed by atoms with Crippen molar-refractivity contribution in [2.75, 3.05) is 13.2 Å². The van der Waals surface area contributed by atoms with Crippen LogP contribution >= 0.6 is 22.6 Å². The number of rotatable bonds is 5. The summed E-state index contributed by atoms with van der Waals surface area (Å²) in [6.07, 6.45) is 0. The lowest BCUT2D eigenvalue weighted by atomic mass is 10.5. The van der Waals surface area contributed by atoms with Gasteiger partial charge < -0.3 is 9.47 Å². The van der Waals surface area contributed by atoms with Crippen LogP contribution in [0.1, 0.15) is 30.2 Å². The van der Waals surface area contributed by atoms with Crippen LogP contribution in [0.15, 0.2) is 0 Å². The van der Waals surface area contributed by atoms with Crippen LogP contribution in [0.25, 0.3) is 0 Å². The molecule has 0 saturated heterocycles. The van der Waals surface area contributed by atoms with E-state index in [0.717, 1.165) is 5.82 Å². The molecule has 16 heavy (non-hydrogen) atoms. The fourth-order valence-electron chi connectivity index (χ4n) is 1.26. The summed E-state index contributed by atoms with van der Waals surface area (Å²) >= 11 is 2.03. The van der Waals surface area contributed by atoms with Crippen molar-refractivity contribution in [3.8, 4) is 0 Å². The molecule has 0 radical (unpaired) electrons. The summed E-state index contributed by atoms with van der Waals surface area (Å²) < 4.78 is 12.6. The Morgan fingerprint density at radius 3 is 2.69 bits per heavy atom. The highest BCUT2D eigenvalue weighted by atomic mass is 127. The van der Waals surface area contributed by atoms with Gasteiger partial charge in [0.2, 0.25) is 0 Å². The second-order valence-corrected chi connectivity index (χ2v) is 4.09. The minimum Gasteiger partial charge on any atom is -0.461 e. The Morgan fingerprint density at radius 1 is 1.44 bits per heavy atom. The quantitative estimate of drug-likeness (QED) is 0.608. The molecule has 0 spiro atoms. The van der Waals surface area contributed by atoms with Gasteiger partial charge in [-0.05, 0) is 43.4 Å². The number of aryl methyl sites for hydroxylation is 1. The number of esters is 1. The second-order valence-electron chi connectivity index (χ2n) is 3.07. The van der Waals surface area contributed by atoms with E-state index in [4.69, 9.17) is 9.47 Å². The summed E-state index contributed by atoms with van der Waals surface area (Å²) in [6, 6.07) is 0. The molecule has 0 bridgehead atoms. The predicted molar refractivity (Wildman–Crippen MR) is 67.3 cm³/mol. The first kappa shape index (κ1) is 13.4. The van der Waals surface area contributed by atoms with Crippen molar-refractivity contribution in [1.82, 2.24) is 9.55 Å². The van der Waals surface area contributed by atoms with Crippen LogP contribution < -0.4 is 0 Å². The molecule has 0 saturated carbocycles. The number of hydrogen-bond donors (Lipinski definition) is 0. The summed E-state index contributed by atoms with van der Waals surface area (Å²) in [5, 5.41) is 0. The third-order valence-electron chi connectivity index (χ3n) is 2.01. The summed E-state index contributed by atoms with van der Waals surface area (Å²) in [6.45, 7) is 6.79. The molecule has 0 atom stereocenters. The molecule has 5 nitrogen and oxygen atoms in total. The van der Waals surface area contributed by atoms with E-state index in [2.05, 4.69) is 4.98 Å². The van der Waals surface area contributed by atoms with E-state index >= 15 is 0 Å². The lowest BCUT2D eigenvalue weighted by Gasteiger charge is -2.09. The first-order valence-electron chi connectivity index (χ1n) is 5.09. The minimum absolute atomic E-state index is 0.326. The predicted octanol–water partition coefficient (Wildman–Crippen LogP) is 1.97. The van der Waals surface area contributed by atoms with Gasteiger partial charge in [-0.3, -0.25) is 4.57 Å². The van der Waals surface area contributed by atoms with E-state index in [1.165, 1.54) is 0 Å². The zero-order valence-electron chi connectivity index (χ0n) is 9.62. The number of aromatic nitrogens is 2. The van der Waals surface area contributed by atoms with Crippen molar-refractivity contribution >= 4 is 28.6 Å². The fraction of sp³-hybridized carbons (Fsp3) is 0.600. The zero-order chi connectivity index (χ0) is 12.1.